The first-order valence-electron chi connectivity index (χ1n) is 5.89. The number of nitrogens with zero attached hydrogens (tertiary/aromatic N) is 1. The number of rotatable bonds is 7. The van der Waals surface area contributed by atoms with Gasteiger partial charge in [0.15, 0.2) is 0 Å². The van der Waals surface area contributed by atoms with Crippen LogP contribution in [0.25, 0.3) is 0 Å². The SMILES string of the molecule is CCCNC(Cc1nccs1)C(C)CC. The Morgan fingerprint density at radius 1 is 1.47 bits per heavy atom. The number of nitrogens with one attached hydrogen (secondary N) is 1. The number of aromatic nitrogens is 1. The Balaban J connectivity index is 2.48. The maximum absolute atomic E-state index is 4.36. The lowest BCUT2D eigenvalue weighted by Crippen LogP contribution is -2.37. The summed E-state index contributed by atoms with van der Waals surface area (Å²) in [6.45, 7) is 7.90. The fraction of sp³-hybridized carbons (Fsp3) is 0.750. The first-order valence-corrected chi connectivity index (χ1v) is 6.77. The van der Waals surface area contributed by atoms with E-state index in [-0.39, 0.29) is 0 Å². The summed E-state index contributed by atoms with van der Waals surface area (Å²) >= 11 is 1.76. The fourth-order valence-electron chi connectivity index (χ4n) is 1.63. The van der Waals surface area contributed by atoms with Crippen LogP contribution in [0.1, 0.15) is 38.6 Å². The van der Waals surface area contributed by atoms with Crippen LogP contribution >= 0.6 is 11.3 Å². The van der Waals surface area contributed by atoms with Crippen molar-refractivity contribution in [3.8, 4) is 0 Å². The van der Waals surface area contributed by atoms with Crippen molar-refractivity contribution in [2.24, 2.45) is 5.92 Å². The van der Waals surface area contributed by atoms with Crippen LogP contribution in [-0.4, -0.2) is 17.6 Å². The molecule has 0 saturated heterocycles. The molecule has 2 nitrogen and oxygen atoms in total. The predicted molar refractivity (Wildman–Crippen MR) is 67.4 cm³/mol. The molecule has 1 aromatic rings. The number of thiazole rings is 1. The Bertz CT molecular complexity index is 246. The lowest BCUT2D eigenvalue weighted by molar-refractivity contribution is 0.364. The third kappa shape index (κ3) is 4.31. The molecule has 1 rings (SSSR count). The van der Waals surface area contributed by atoms with Gasteiger partial charge in [-0.3, -0.25) is 0 Å². The summed E-state index contributed by atoms with van der Waals surface area (Å²) in [5.74, 6) is 0.723. The largest absolute Gasteiger partial charge is 0.313 e. The summed E-state index contributed by atoms with van der Waals surface area (Å²) in [5, 5.41) is 6.94. The van der Waals surface area contributed by atoms with Crippen molar-refractivity contribution < 1.29 is 0 Å². The monoisotopic (exact) mass is 226 g/mol. The van der Waals surface area contributed by atoms with Gasteiger partial charge in [-0.15, -0.1) is 11.3 Å². The second-order valence-corrected chi connectivity index (χ2v) is 5.06. The first-order chi connectivity index (χ1) is 7.27. The molecule has 1 N–H and O–H groups in total. The van der Waals surface area contributed by atoms with E-state index in [2.05, 4.69) is 36.5 Å². The van der Waals surface area contributed by atoms with Gasteiger partial charge in [0, 0.05) is 24.0 Å². The zero-order chi connectivity index (χ0) is 11.1. The van der Waals surface area contributed by atoms with Crippen LogP contribution in [0.5, 0.6) is 0 Å². The van der Waals surface area contributed by atoms with Gasteiger partial charge in [-0.05, 0) is 18.9 Å². The highest BCUT2D eigenvalue weighted by atomic mass is 32.1. The minimum atomic E-state index is 0.584. The van der Waals surface area contributed by atoms with Crippen molar-refractivity contribution in [1.82, 2.24) is 10.3 Å². The van der Waals surface area contributed by atoms with Crippen LogP contribution in [0.2, 0.25) is 0 Å². The van der Waals surface area contributed by atoms with Gasteiger partial charge in [0.1, 0.15) is 0 Å². The third-order valence-electron chi connectivity index (χ3n) is 2.87. The van der Waals surface area contributed by atoms with E-state index < -0.39 is 0 Å². The molecule has 0 aliphatic heterocycles. The van der Waals surface area contributed by atoms with E-state index in [0.29, 0.717) is 6.04 Å². The smallest absolute Gasteiger partial charge is 0.0940 e. The van der Waals surface area contributed by atoms with Crippen molar-refractivity contribution in [3.63, 3.8) is 0 Å². The van der Waals surface area contributed by atoms with Crippen molar-refractivity contribution in [2.75, 3.05) is 6.54 Å². The number of hydrogen-bond donors (Lipinski definition) is 1. The molecule has 86 valence electrons. The highest BCUT2D eigenvalue weighted by Crippen LogP contribution is 2.15. The number of hydrogen-bond acceptors (Lipinski definition) is 3. The van der Waals surface area contributed by atoms with Crippen LogP contribution in [0.3, 0.4) is 0 Å². The Morgan fingerprint density at radius 2 is 2.27 bits per heavy atom. The highest BCUT2D eigenvalue weighted by molar-refractivity contribution is 7.09. The molecule has 3 heteroatoms. The molecule has 0 fully saturated rings. The molecule has 1 aromatic heterocycles. The molecule has 1 heterocycles. The molecule has 2 atom stereocenters. The second-order valence-electron chi connectivity index (χ2n) is 4.08. The molecular weight excluding hydrogens is 204 g/mol. The minimum absolute atomic E-state index is 0.584. The topological polar surface area (TPSA) is 24.9 Å². The Hall–Kier alpha value is -0.410. The Morgan fingerprint density at radius 3 is 2.80 bits per heavy atom. The molecule has 0 bridgehead atoms. The molecule has 0 radical (unpaired) electrons. The molecule has 0 aromatic carbocycles. The molecular formula is C12H22N2S. The van der Waals surface area contributed by atoms with Gasteiger partial charge >= 0.3 is 0 Å². The van der Waals surface area contributed by atoms with Crippen molar-refractivity contribution >= 4 is 11.3 Å². The Labute approximate surface area is 97.1 Å². The summed E-state index contributed by atoms with van der Waals surface area (Å²) in [7, 11) is 0. The molecule has 0 saturated carbocycles. The van der Waals surface area contributed by atoms with Crippen molar-refractivity contribution in [1.29, 1.82) is 0 Å². The van der Waals surface area contributed by atoms with Gasteiger partial charge < -0.3 is 5.32 Å². The van der Waals surface area contributed by atoms with Crippen LogP contribution in [-0.2, 0) is 6.42 Å². The molecule has 15 heavy (non-hydrogen) atoms. The minimum Gasteiger partial charge on any atom is -0.313 e. The van der Waals surface area contributed by atoms with Gasteiger partial charge in [-0.25, -0.2) is 4.98 Å². The van der Waals surface area contributed by atoms with Crippen LogP contribution in [0.4, 0.5) is 0 Å². The van der Waals surface area contributed by atoms with Gasteiger partial charge in [0.05, 0.1) is 5.01 Å². The normalized spacial score (nSPS) is 15.1. The van der Waals surface area contributed by atoms with Crippen LogP contribution in [0.15, 0.2) is 11.6 Å². The second kappa shape index (κ2) is 6.96. The average molecular weight is 226 g/mol. The maximum atomic E-state index is 4.36. The van der Waals surface area contributed by atoms with E-state index in [9.17, 15) is 0 Å². The van der Waals surface area contributed by atoms with Gasteiger partial charge in [0.2, 0.25) is 0 Å². The standard InChI is InChI=1S/C12H22N2S/c1-4-6-13-11(10(3)5-2)9-12-14-7-8-15-12/h7-8,10-11,13H,4-6,9H2,1-3H3. The predicted octanol–water partition coefficient (Wildman–Crippen LogP) is 3.10. The van der Waals surface area contributed by atoms with Crippen molar-refractivity contribution in [3.05, 3.63) is 16.6 Å². The molecule has 0 aliphatic carbocycles. The van der Waals surface area contributed by atoms with Crippen molar-refractivity contribution in [2.45, 2.75) is 46.1 Å². The van der Waals surface area contributed by atoms with Crippen LogP contribution in [0, 0.1) is 5.92 Å². The lowest BCUT2D eigenvalue weighted by atomic mass is 9.96. The molecule has 2 unspecified atom stereocenters. The quantitative estimate of drug-likeness (QED) is 0.773. The zero-order valence-corrected chi connectivity index (χ0v) is 10.8. The average Bonchev–Trinajstić information content (AvgIpc) is 2.75. The molecule has 0 aliphatic rings. The summed E-state index contributed by atoms with van der Waals surface area (Å²) in [6, 6.07) is 0.584. The maximum Gasteiger partial charge on any atom is 0.0940 e. The van der Waals surface area contributed by atoms with E-state index in [1.165, 1.54) is 17.8 Å². The lowest BCUT2D eigenvalue weighted by Gasteiger charge is -2.23. The molecule has 0 amide bonds. The Kier molecular flexibility index (Phi) is 5.88. The van der Waals surface area contributed by atoms with E-state index >= 15 is 0 Å². The molecule has 0 spiro atoms. The van der Waals surface area contributed by atoms with E-state index in [1.807, 2.05) is 6.20 Å². The highest BCUT2D eigenvalue weighted by Gasteiger charge is 2.16. The van der Waals surface area contributed by atoms with Crippen LogP contribution < -0.4 is 5.32 Å². The van der Waals surface area contributed by atoms with Gasteiger partial charge in [-0.2, -0.15) is 0 Å². The third-order valence-corrected chi connectivity index (χ3v) is 3.67. The van der Waals surface area contributed by atoms with E-state index in [4.69, 9.17) is 0 Å². The zero-order valence-electron chi connectivity index (χ0n) is 9.99. The van der Waals surface area contributed by atoms with E-state index in [1.54, 1.807) is 11.3 Å². The van der Waals surface area contributed by atoms with Gasteiger partial charge in [-0.1, -0.05) is 27.2 Å². The van der Waals surface area contributed by atoms with Gasteiger partial charge in [0.25, 0.3) is 0 Å². The summed E-state index contributed by atoms with van der Waals surface area (Å²) in [4.78, 5) is 4.36. The fourth-order valence-corrected chi connectivity index (χ4v) is 2.31. The first kappa shape index (κ1) is 12.7. The summed E-state index contributed by atoms with van der Waals surface area (Å²) < 4.78 is 0. The van der Waals surface area contributed by atoms with E-state index in [0.717, 1.165) is 18.9 Å². The summed E-state index contributed by atoms with van der Waals surface area (Å²) in [6.07, 6.45) is 5.40. The summed E-state index contributed by atoms with van der Waals surface area (Å²) in [5.41, 5.74) is 0.